The van der Waals surface area contributed by atoms with Crippen LogP contribution >= 0.6 is 11.6 Å². The zero-order valence-corrected chi connectivity index (χ0v) is 15.6. The van der Waals surface area contributed by atoms with Gasteiger partial charge in [0.25, 0.3) is 0 Å². The average molecular weight is 387 g/mol. The zero-order valence-electron chi connectivity index (χ0n) is 14.8. The molecule has 0 aliphatic heterocycles. The predicted octanol–water partition coefficient (Wildman–Crippen LogP) is 5.48. The highest BCUT2D eigenvalue weighted by atomic mass is 35.5. The summed E-state index contributed by atoms with van der Waals surface area (Å²) in [5, 5.41) is 3.13. The summed E-state index contributed by atoms with van der Waals surface area (Å²) in [5.41, 5.74) is 2.85. The van der Waals surface area contributed by atoms with Crippen LogP contribution in [-0.2, 0) is 11.2 Å². The first-order valence-electron chi connectivity index (χ1n) is 8.30. The van der Waals surface area contributed by atoms with Crippen molar-refractivity contribution in [1.82, 2.24) is 4.98 Å². The third-order valence-corrected chi connectivity index (χ3v) is 4.44. The average Bonchev–Trinajstić information content (AvgIpc) is 2.61. The van der Waals surface area contributed by atoms with E-state index in [1.807, 2.05) is 6.92 Å². The molecule has 0 aliphatic rings. The predicted molar refractivity (Wildman–Crippen MR) is 103 cm³/mol. The molecule has 0 spiro atoms. The molecule has 27 heavy (non-hydrogen) atoms. The SMILES string of the molecule is Cc1ccncc1NC(=O)Cc1cc(Cl)cc(-c2ccc(C)c(F)c2F)c1. The van der Waals surface area contributed by atoms with Crippen molar-refractivity contribution >= 4 is 23.2 Å². The number of pyridine rings is 1. The number of nitrogens with zero attached hydrogens (tertiary/aromatic N) is 1. The lowest BCUT2D eigenvalue weighted by Crippen LogP contribution is -2.15. The summed E-state index contributed by atoms with van der Waals surface area (Å²) in [4.78, 5) is 16.3. The van der Waals surface area contributed by atoms with Gasteiger partial charge in [-0.25, -0.2) is 8.78 Å². The van der Waals surface area contributed by atoms with E-state index in [0.29, 0.717) is 21.8 Å². The molecule has 0 aliphatic carbocycles. The maximum Gasteiger partial charge on any atom is 0.228 e. The molecule has 1 N–H and O–H groups in total. The Morgan fingerprint density at radius 1 is 1.07 bits per heavy atom. The lowest BCUT2D eigenvalue weighted by molar-refractivity contribution is -0.115. The number of anilines is 1. The van der Waals surface area contributed by atoms with Gasteiger partial charge in [-0.05, 0) is 54.3 Å². The summed E-state index contributed by atoms with van der Waals surface area (Å²) < 4.78 is 28.2. The molecule has 0 saturated carbocycles. The van der Waals surface area contributed by atoms with Gasteiger partial charge in [-0.2, -0.15) is 0 Å². The Kier molecular flexibility index (Phi) is 5.51. The van der Waals surface area contributed by atoms with Gasteiger partial charge in [0, 0.05) is 16.8 Å². The zero-order chi connectivity index (χ0) is 19.6. The van der Waals surface area contributed by atoms with Crippen LogP contribution in [0.15, 0.2) is 48.8 Å². The maximum absolute atomic E-state index is 14.3. The van der Waals surface area contributed by atoms with Crippen molar-refractivity contribution < 1.29 is 13.6 Å². The maximum atomic E-state index is 14.3. The number of nitrogens with one attached hydrogen (secondary N) is 1. The third-order valence-electron chi connectivity index (χ3n) is 4.22. The van der Waals surface area contributed by atoms with Gasteiger partial charge in [-0.3, -0.25) is 9.78 Å². The Labute approximate surface area is 161 Å². The van der Waals surface area contributed by atoms with Gasteiger partial charge in [-0.15, -0.1) is 0 Å². The number of hydrogen-bond donors (Lipinski definition) is 1. The fraction of sp³-hybridized carbons (Fsp3) is 0.143. The van der Waals surface area contributed by atoms with Crippen LogP contribution in [0.25, 0.3) is 11.1 Å². The van der Waals surface area contributed by atoms with E-state index in [4.69, 9.17) is 11.6 Å². The molecule has 0 fully saturated rings. The summed E-state index contributed by atoms with van der Waals surface area (Å²) in [6.45, 7) is 3.36. The fourth-order valence-corrected chi connectivity index (χ4v) is 3.01. The monoisotopic (exact) mass is 386 g/mol. The van der Waals surface area contributed by atoms with Crippen LogP contribution in [0.4, 0.5) is 14.5 Å². The second-order valence-corrected chi connectivity index (χ2v) is 6.76. The second kappa shape index (κ2) is 7.84. The van der Waals surface area contributed by atoms with Gasteiger partial charge in [0.1, 0.15) is 0 Å². The van der Waals surface area contributed by atoms with Gasteiger partial charge in [0.05, 0.1) is 18.3 Å². The first-order valence-corrected chi connectivity index (χ1v) is 8.68. The van der Waals surface area contributed by atoms with Crippen molar-refractivity contribution in [2.75, 3.05) is 5.32 Å². The quantitative estimate of drug-likeness (QED) is 0.645. The highest BCUT2D eigenvalue weighted by Gasteiger charge is 2.15. The molecule has 0 saturated heterocycles. The van der Waals surface area contributed by atoms with Crippen LogP contribution in [0.2, 0.25) is 5.02 Å². The van der Waals surface area contributed by atoms with E-state index in [1.165, 1.54) is 19.1 Å². The van der Waals surface area contributed by atoms with Crippen LogP contribution in [0.5, 0.6) is 0 Å². The van der Waals surface area contributed by atoms with E-state index < -0.39 is 11.6 Å². The summed E-state index contributed by atoms with van der Waals surface area (Å²) >= 11 is 6.13. The van der Waals surface area contributed by atoms with E-state index >= 15 is 0 Å². The van der Waals surface area contributed by atoms with E-state index in [-0.39, 0.29) is 23.5 Å². The van der Waals surface area contributed by atoms with Crippen LogP contribution in [0, 0.1) is 25.5 Å². The Hall–Kier alpha value is -2.79. The molecule has 0 bridgehead atoms. The number of rotatable bonds is 4. The molecule has 6 heteroatoms. The lowest BCUT2D eigenvalue weighted by Gasteiger charge is -2.11. The standard InChI is InChI=1S/C21H17ClF2N2O/c1-12-5-6-25-11-18(12)26-19(27)9-14-7-15(10-16(22)8-14)17-4-3-13(2)20(23)21(17)24/h3-8,10-11H,9H2,1-2H3,(H,26,27). The van der Waals surface area contributed by atoms with E-state index in [9.17, 15) is 13.6 Å². The van der Waals surface area contributed by atoms with Crippen molar-refractivity contribution in [3.8, 4) is 11.1 Å². The lowest BCUT2D eigenvalue weighted by atomic mass is 9.99. The Bertz CT molecular complexity index is 1020. The molecule has 2 aromatic carbocycles. The number of aromatic nitrogens is 1. The van der Waals surface area contributed by atoms with Gasteiger partial charge in [-0.1, -0.05) is 29.8 Å². The Morgan fingerprint density at radius 3 is 2.59 bits per heavy atom. The second-order valence-electron chi connectivity index (χ2n) is 6.32. The highest BCUT2D eigenvalue weighted by Crippen LogP contribution is 2.29. The molecular formula is C21H17ClF2N2O. The van der Waals surface area contributed by atoms with Gasteiger partial charge >= 0.3 is 0 Å². The van der Waals surface area contributed by atoms with Crippen molar-refractivity contribution in [3.63, 3.8) is 0 Å². The Balaban J connectivity index is 1.87. The summed E-state index contributed by atoms with van der Waals surface area (Å²) in [6, 6.07) is 9.61. The number of carbonyl (C=O) groups is 1. The highest BCUT2D eigenvalue weighted by molar-refractivity contribution is 6.31. The minimum atomic E-state index is -0.932. The van der Waals surface area contributed by atoms with Gasteiger partial charge in [0.15, 0.2) is 11.6 Å². The third kappa shape index (κ3) is 4.31. The molecule has 1 amide bonds. The molecular weight excluding hydrogens is 370 g/mol. The molecule has 1 heterocycles. The van der Waals surface area contributed by atoms with Crippen molar-refractivity contribution in [1.29, 1.82) is 0 Å². The number of hydrogen-bond acceptors (Lipinski definition) is 2. The molecule has 0 radical (unpaired) electrons. The molecule has 0 atom stereocenters. The summed E-state index contributed by atoms with van der Waals surface area (Å²) in [7, 11) is 0. The molecule has 3 nitrogen and oxygen atoms in total. The molecule has 3 aromatic rings. The summed E-state index contributed by atoms with van der Waals surface area (Å²) in [5.74, 6) is -2.08. The van der Waals surface area contributed by atoms with Crippen LogP contribution in [0.1, 0.15) is 16.7 Å². The molecule has 0 unspecified atom stereocenters. The molecule has 138 valence electrons. The van der Waals surface area contributed by atoms with Crippen molar-refractivity contribution in [2.45, 2.75) is 20.3 Å². The minimum Gasteiger partial charge on any atom is -0.324 e. The van der Waals surface area contributed by atoms with Crippen LogP contribution < -0.4 is 5.32 Å². The fourth-order valence-electron chi connectivity index (χ4n) is 2.75. The van der Waals surface area contributed by atoms with Gasteiger partial charge in [0.2, 0.25) is 5.91 Å². The Morgan fingerprint density at radius 2 is 1.85 bits per heavy atom. The van der Waals surface area contributed by atoms with E-state index in [2.05, 4.69) is 10.3 Å². The first-order chi connectivity index (χ1) is 12.8. The normalized spacial score (nSPS) is 10.7. The summed E-state index contributed by atoms with van der Waals surface area (Å²) in [6.07, 6.45) is 3.25. The van der Waals surface area contributed by atoms with Crippen LogP contribution in [-0.4, -0.2) is 10.9 Å². The van der Waals surface area contributed by atoms with E-state index in [1.54, 1.807) is 36.7 Å². The number of aryl methyl sites for hydroxylation is 2. The minimum absolute atomic E-state index is 0.0395. The number of halogens is 3. The first kappa shape index (κ1) is 19.0. The number of amides is 1. The van der Waals surface area contributed by atoms with E-state index in [0.717, 1.165) is 5.56 Å². The van der Waals surface area contributed by atoms with Crippen molar-refractivity contribution in [3.05, 3.63) is 82.1 Å². The topological polar surface area (TPSA) is 42.0 Å². The van der Waals surface area contributed by atoms with Crippen LogP contribution in [0.3, 0.4) is 0 Å². The molecule has 3 rings (SSSR count). The van der Waals surface area contributed by atoms with Gasteiger partial charge < -0.3 is 5.32 Å². The molecule has 1 aromatic heterocycles. The largest absolute Gasteiger partial charge is 0.324 e. The van der Waals surface area contributed by atoms with Crippen molar-refractivity contribution in [2.24, 2.45) is 0 Å². The number of carbonyl (C=O) groups excluding carboxylic acids is 1. The smallest absolute Gasteiger partial charge is 0.228 e. The number of benzene rings is 2.